The van der Waals surface area contributed by atoms with E-state index in [2.05, 4.69) is 43.8 Å². The number of piperazine rings is 1. The Morgan fingerprint density at radius 3 is 2.68 bits per heavy atom. The molecule has 0 saturated carbocycles. The number of nitrogens with one attached hydrogen (secondary N) is 3. The highest BCUT2D eigenvalue weighted by Gasteiger charge is 2.19. The minimum absolute atomic E-state index is 0.510. The van der Waals surface area contributed by atoms with Crippen LogP contribution < -0.4 is 20.9 Å². The molecule has 1 aromatic rings. The second-order valence-electron chi connectivity index (χ2n) is 5.13. The molecule has 2 aliphatic heterocycles. The van der Waals surface area contributed by atoms with E-state index in [4.69, 9.17) is 0 Å². The molecular formula is C13H22N6. The van der Waals surface area contributed by atoms with Crippen molar-refractivity contribution in [2.45, 2.75) is 19.4 Å². The molecule has 3 heterocycles. The van der Waals surface area contributed by atoms with Gasteiger partial charge in [0, 0.05) is 51.0 Å². The molecule has 0 bridgehead atoms. The number of hydrogen-bond donors (Lipinski definition) is 3. The Hall–Kier alpha value is -1.40. The molecule has 2 fully saturated rings. The zero-order chi connectivity index (χ0) is 13.1. The molecule has 2 aliphatic rings. The van der Waals surface area contributed by atoms with E-state index in [0.717, 1.165) is 63.1 Å². The van der Waals surface area contributed by atoms with Crippen LogP contribution in [0.3, 0.4) is 0 Å². The van der Waals surface area contributed by atoms with E-state index in [1.807, 2.05) is 0 Å². The molecule has 0 aromatic carbocycles. The number of aryl methyl sites for hydroxylation is 1. The van der Waals surface area contributed by atoms with Crippen molar-refractivity contribution in [2.24, 2.45) is 0 Å². The fourth-order valence-corrected chi connectivity index (χ4v) is 2.34. The third kappa shape index (κ3) is 2.96. The quantitative estimate of drug-likeness (QED) is 0.700. The standard InChI is InChI=1S/C13H22N6/c1-2-10-7-12(16-11-8-15-9-11)18-13(17-10)19-5-3-14-4-6-19/h7,11,14-15H,2-6,8-9H2,1H3,(H,16,17,18). The van der Waals surface area contributed by atoms with Crippen LogP contribution in [-0.4, -0.2) is 55.3 Å². The number of rotatable bonds is 4. The van der Waals surface area contributed by atoms with Gasteiger partial charge in [-0.2, -0.15) is 4.98 Å². The van der Waals surface area contributed by atoms with Crippen molar-refractivity contribution < 1.29 is 0 Å². The van der Waals surface area contributed by atoms with E-state index in [1.54, 1.807) is 0 Å². The molecule has 0 aliphatic carbocycles. The molecule has 3 rings (SSSR count). The summed E-state index contributed by atoms with van der Waals surface area (Å²) < 4.78 is 0. The summed E-state index contributed by atoms with van der Waals surface area (Å²) in [5, 5.41) is 10.1. The maximum absolute atomic E-state index is 4.68. The first-order chi connectivity index (χ1) is 9.35. The Balaban J connectivity index is 1.78. The second-order valence-corrected chi connectivity index (χ2v) is 5.13. The third-order valence-electron chi connectivity index (χ3n) is 3.66. The van der Waals surface area contributed by atoms with Crippen LogP contribution in [0.15, 0.2) is 6.07 Å². The number of hydrogen-bond acceptors (Lipinski definition) is 6. The zero-order valence-electron chi connectivity index (χ0n) is 11.4. The Kier molecular flexibility index (Phi) is 3.79. The van der Waals surface area contributed by atoms with E-state index in [1.165, 1.54) is 0 Å². The molecule has 3 N–H and O–H groups in total. The lowest BCUT2D eigenvalue weighted by atomic mass is 10.2. The minimum atomic E-state index is 0.510. The normalized spacial score (nSPS) is 20.2. The van der Waals surface area contributed by atoms with Gasteiger partial charge in [-0.25, -0.2) is 4.98 Å². The van der Waals surface area contributed by atoms with Crippen LogP contribution in [0.5, 0.6) is 0 Å². The SMILES string of the molecule is CCc1cc(NC2CNC2)nc(N2CCNCC2)n1. The highest BCUT2D eigenvalue weighted by molar-refractivity contribution is 5.45. The number of nitrogens with zero attached hydrogens (tertiary/aromatic N) is 3. The Labute approximate surface area is 114 Å². The second kappa shape index (κ2) is 5.71. The summed E-state index contributed by atoms with van der Waals surface area (Å²) in [5.41, 5.74) is 1.11. The summed E-state index contributed by atoms with van der Waals surface area (Å²) in [6.07, 6.45) is 0.944. The molecular weight excluding hydrogens is 240 g/mol. The van der Waals surface area contributed by atoms with Gasteiger partial charge < -0.3 is 20.9 Å². The predicted molar refractivity (Wildman–Crippen MR) is 76.8 cm³/mol. The molecule has 2 saturated heterocycles. The highest BCUT2D eigenvalue weighted by atomic mass is 15.3. The minimum Gasteiger partial charge on any atom is -0.365 e. The van der Waals surface area contributed by atoms with Gasteiger partial charge in [0.05, 0.1) is 6.04 Å². The summed E-state index contributed by atoms with van der Waals surface area (Å²) in [6, 6.07) is 2.58. The smallest absolute Gasteiger partial charge is 0.227 e. The molecule has 0 spiro atoms. The van der Waals surface area contributed by atoms with E-state index < -0.39 is 0 Å². The molecule has 6 heteroatoms. The topological polar surface area (TPSA) is 65.1 Å². The van der Waals surface area contributed by atoms with Gasteiger partial charge in [-0.1, -0.05) is 6.92 Å². The van der Waals surface area contributed by atoms with Crippen molar-refractivity contribution in [2.75, 3.05) is 49.5 Å². The third-order valence-corrected chi connectivity index (χ3v) is 3.66. The van der Waals surface area contributed by atoms with Gasteiger partial charge in [-0.3, -0.25) is 0 Å². The van der Waals surface area contributed by atoms with E-state index in [-0.39, 0.29) is 0 Å². The summed E-state index contributed by atoms with van der Waals surface area (Å²) in [7, 11) is 0. The van der Waals surface area contributed by atoms with E-state index in [9.17, 15) is 0 Å². The molecule has 0 radical (unpaired) electrons. The van der Waals surface area contributed by atoms with Crippen molar-refractivity contribution >= 4 is 11.8 Å². The fraction of sp³-hybridized carbons (Fsp3) is 0.692. The van der Waals surface area contributed by atoms with Gasteiger partial charge in [-0.15, -0.1) is 0 Å². The summed E-state index contributed by atoms with van der Waals surface area (Å²) in [4.78, 5) is 11.6. The average Bonchev–Trinajstić information content (AvgIpc) is 2.43. The molecule has 0 unspecified atom stereocenters. The molecule has 6 nitrogen and oxygen atoms in total. The summed E-state index contributed by atoms with van der Waals surface area (Å²) in [6.45, 7) is 8.17. The predicted octanol–water partition coefficient (Wildman–Crippen LogP) is -0.168. The first-order valence-corrected chi connectivity index (χ1v) is 7.16. The van der Waals surface area contributed by atoms with Crippen molar-refractivity contribution in [3.05, 3.63) is 11.8 Å². The van der Waals surface area contributed by atoms with E-state index >= 15 is 0 Å². The molecule has 0 atom stereocenters. The molecule has 104 valence electrons. The van der Waals surface area contributed by atoms with Crippen LogP contribution in [0.4, 0.5) is 11.8 Å². The molecule has 1 aromatic heterocycles. The maximum atomic E-state index is 4.68. The summed E-state index contributed by atoms with van der Waals surface area (Å²) in [5.74, 6) is 1.84. The van der Waals surface area contributed by atoms with Gasteiger partial charge in [0.25, 0.3) is 0 Å². The van der Waals surface area contributed by atoms with Crippen LogP contribution in [0.2, 0.25) is 0 Å². The van der Waals surface area contributed by atoms with Crippen molar-refractivity contribution in [1.29, 1.82) is 0 Å². The summed E-state index contributed by atoms with van der Waals surface area (Å²) >= 11 is 0. The lowest BCUT2D eigenvalue weighted by Gasteiger charge is -2.30. The van der Waals surface area contributed by atoms with Gasteiger partial charge in [-0.05, 0) is 6.42 Å². The Bertz CT molecular complexity index is 425. The Morgan fingerprint density at radius 1 is 1.26 bits per heavy atom. The van der Waals surface area contributed by atoms with Crippen LogP contribution >= 0.6 is 0 Å². The van der Waals surface area contributed by atoms with E-state index in [0.29, 0.717) is 6.04 Å². The first kappa shape index (κ1) is 12.6. The lowest BCUT2D eigenvalue weighted by Crippen LogP contribution is -2.51. The lowest BCUT2D eigenvalue weighted by molar-refractivity contribution is 0.471. The van der Waals surface area contributed by atoms with Gasteiger partial charge in [0.1, 0.15) is 5.82 Å². The van der Waals surface area contributed by atoms with Crippen LogP contribution in [0, 0.1) is 0 Å². The van der Waals surface area contributed by atoms with Crippen LogP contribution in [-0.2, 0) is 6.42 Å². The zero-order valence-corrected chi connectivity index (χ0v) is 11.4. The average molecular weight is 262 g/mol. The maximum Gasteiger partial charge on any atom is 0.227 e. The van der Waals surface area contributed by atoms with Crippen molar-refractivity contribution in [3.63, 3.8) is 0 Å². The fourth-order valence-electron chi connectivity index (χ4n) is 2.34. The molecule has 0 amide bonds. The van der Waals surface area contributed by atoms with Gasteiger partial charge >= 0.3 is 0 Å². The highest BCUT2D eigenvalue weighted by Crippen LogP contribution is 2.16. The number of anilines is 2. The largest absolute Gasteiger partial charge is 0.365 e. The van der Waals surface area contributed by atoms with Crippen LogP contribution in [0.1, 0.15) is 12.6 Å². The van der Waals surface area contributed by atoms with Crippen molar-refractivity contribution in [3.8, 4) is 0 Å². The number of aromatic nitrogens is 2. The van der Waals surface area contributed by atoms with Gasteiger partial charge in [0.2, 0.25) is 5.95 Å². The Morgan fingerprint density at radius 2 is 2.05 bits per heavy atom. The first-order valence-electron chi connectivity index (χ1n) is 7.16. The van der Waals surface area contributed by atoms with Gasteiger partial charge in [0.15, 0.2) is 0 Å². The molecule has 19 heavy (non-hydrogen) atoms. The monoisotopic (exact) mass is 262 g/mol. The van der Waals surface area contributed by atoms with Crippen molar-refractivity contribution in [1.82, 2.24) is 20.6 Å². The van der Waals surface area contributed by atoms with Crippen LogP contribution in [0.25, 0.3) is 0 Å².